The molecule has 0 radical (unpaired) electrons. The van der Waals surface area contributed by atoms with Gasteiger partial charge in [0, 0.05) is 20.3 Å². The molecular weight excluding hydrogens is 376 g/mol. The molecule has 0 saturated carbocycles. The van der Waals surface area contributed by atoms with Gasteiger partial charge in [-0.2, -0.15) is 0 Å². The van der Waals surface area contributed by atoms with Gasteiger partial charge in [0.25, 0.3) is 0 Å². The molecule has 0 aromatic rings. The van der Waals surface area contributed by atoms with E-state index in [0.717, 1.165) is 38.9 Å². The summed E-state index contributed by atoms with van der Waals surface area (Å²) in [6, 6.07) is 0. The Kier molecular flexibility index (Phi) is 25.9. The molecule has 0 N–H and O–H groups in total. The van der Waals surface area contributed by atoms with E-state index in [1.165, 1.54) is 83.5 Å². The fourth-order valence-corrected chi connectivity index (χ4v) is 3.40. The number of hydrogen-bond donors (Lipinski definition) is 0. The second-order valence-electron chi connectivity index (χ2n) is 8.29. The quantitative estimate of drug-likeness (QED) is 0.0835. The van der Waals surface area contributed by atoms with Gasteiger partial charge < -0.3 is 18.9 Å². The van der Waals surface area contributed by atoms with Crippen LogP contribution in [0.25, 0.3) is 0 Å². The van der Waals surface area contributed by atoms with E-state index in [9.17, 15) is 0 Å². The van der Waals surface area contributed by atoms with Gasteiger partial charge in [0.15, 0.2) is 13.1 Å². The topological polar surface area (TPSA) is 36.9 Å². The first-order valence-corrected chi connectivity index (χ1v) is 12.8. The Hall–Kier alpha value is -0.580. The molecule has 0 aliphatic carbocycles. The molecule has 0 aliphatic heterocycles. The maximum absolute atomic E-state index is 6.06. The van der Waals surface area contributed by atoms with Gasteiger partial charge in [-0.3, -0.25) is 0 Å². The number of unbranched alkanes of at least 4 members (excludes halogenated alkanes) is 13. The van der Waals surface area contributed by atoms with Crippen LogP contribution in [-0.2, 0) is 18.9 Å². The normalized spacial score (nSPS) is 11.7. The van der Waals surface area contributed by atoms with E-state index in [-0.39, 0.29) is 6.29 Å². The van der Waals surface area contributed by atoms with E-state index in [1.54, 1.807) is 13.4 Å². The van der Waals surface area contributed by atoms with Crippen LogP contribution in [0.5, 0.6) is 0 Å². The lowest BCUT2D eigenvalue weighted by molar-refractivity contribution is -0.148. The zero-order valence-corrected chi connectivity index (χ0v) is 20.5. The number of hydrogen-bond acceptors (Lipinski definition) is 4. The van der Waals surface area contributed by atoms with Crippen LogP contribution >= 0.6 is 0 Å². The maximum Gasteiger partial charge on any atom is 0.187 e. The van der Waals surface area contributed by atoms with Gasteiger partial charge in [-0.25, -0.2) is 0 Å². The highest BCUT2D eigenvalue weighted by Crippen LogP contribution is 2.14. The van der Waals surface area contributed by atoms with Crippen molar-refractivity contribution in [3.05, 3.63) is 12.3 Å². The highest BCUT2D eigenvalue weighted by atomic mass is 16.7. The maximum atomic E-state index is 6.06. The molecule has 4 heteroatoms. The van der Waals surface area contributed by atoms with Crippen LogP contribution in [-0.4, -0.2) is 33.4 Å². The zero-order chi connectivity index (χ0) is 22.0. The Labute approximate surface area is 188 Å². The van der Waals surface area contributed by atoms with E-state index >= 15 is 0 Å². The minimum Gasteiger partial charge on any atom is -0.476 e. The molecule has 0 fully saturated rings. The summed E-state index contributed by atoms with van der Waals surface area (Å²) in [5.41, 5.74) is 0. The molecule has 0 aromatic heterocycles. The molecule has 0 saturated heterocycles. The molecule has 0 spiro atoms. The minimum atomic E-state index is 0.0142. The predicted molar refractivity (Wildman–Crippen MR) is 128 cm³/mol. The van der Waals surface area contributed by atoms with Crippen molar-refractivity contribution in [2.75, 3.05) is 27.1 Å². The zero-order valence-electron chi connectivity index (χ0n) is 20.5. The van der Waals surface area contributed by atoms with E-state index in [0.29, 0.717) is 6.79 Å². The monoisotopic (exact) mass is 428 g/mol. The Bertz CT molecular complexity index is 319. The summed E-state index contributed by atoms with van der Waals surface area (Å²) in [5.74, 6) is 0. The number of rotatable bonds is 25. The van der Waals surface area contributed by atoms with Crippen molar-refractivity contribution in [1.82, 2.24) is 0 Å². The molecule has 0 rings (SSSR count). The minimum absolute atomic E-state index is 0.0142. The lowest BCUT2D eigenvalue weighted by Crippen LogP contribution is -2.19. The lowest BCUT2D eigenvalue weighted by atomic mass is 10.1. The van der Waals surface area contributed by atoms with Crippen molar-refractivity contribution in [3.8, 4) is 0 Å². The summed E-state index contributed by atoms with van der Waals surface area (Å²) >= 11 is 0. The highest BCUT2D eigenvalue weighted by molar-refractivity contribution is 4.72. The van der Waals surface area contributed by atoms with Crippen LogP contribution < -0.4 is 0 Å². The van der Waals surface area contributed by atoms with Gasteiger partial charge in [-0.1, -0.05) is 84.5 Å². The van der Waals surface area contributed by atoms with Crippen LogP contribution in [0, 0.1) is 0 Å². The van der Waals surface area contributed by atoms with E-state index in [2.05, 4.69) is 19.9 Å². The summed E-state index contributed by atoms with van der Waals surface area (Å²) in [4.78, 5) is 0. The number of ether oxygens (including phenoxy) is 4. The summed E-state index contributed by atoms with van der Waals surface area (Å²) in [7, 11) is 1.64. The highest BCUT2D eigenvalue weighted by Gasteiger charge is 2.09. The first-order chi connectivity index (χ1) is 14.8. The molecule has 180 valence electrons. The van der Waals surface area contributed by atoms with Gasteiger partial charge in [0.1, 0.15) is 0 Å². The number of methoxy groups -OCH3 is 1. The Morgan fingerprint density at radius 3 is 1.73 bits per heavy atom. The van der Waals surface area contributed by atoms with Gasteiger partial charge in [0.05, 0.1) is 6.26 Å². The molecule has 0 bridgehead atoms. The average Bonchev–Trinajstić information content (AvgIpc) is 2.76. The summed E-state index contributed by atoms with van der Waals surface area (Å²) in [6.45, 7) is 6.54. The largest absolute Gasteiger partial charge is 0.476 e. The Morgan fingerprint density at radius 1 is 0.633 bits per heavy atom. The van der Waals surface area contributed by atoms with E-state index in [1.807, 2.05) is 0 Å². The smallest absolute Gasteiger partial charge is 0.187 e. The first-order valence-electron chi connectivity index (χ1n) is 12.8. The van der Waals surface area contributed by atoms with Crippen molar-refractivity contribution in [2.45, 2.75) is 129 Å². The van der Waals surface area contributed by atoms with Crippen molar-refractivity contribution in [2.24, 2.45) is 0 Å². The Morgan fingerprint density at radius 2 is 1.17 bits per heavy atom. The summed E-state index contributed by atoms with van der Waals surface area (Å²) in [6.07, 6.45) is 25.1. The predicted octanol–water partition coefficient (Wildman–Crippen LogP) is 8.15. The third-order valence-corrected chi connectivity index (χ3v) is 5.29. The summed E-state index contributed by atoms with van der Waals surface area (Å²) < 4.78 is 22.1. The fraction of sp³-hybridized carbons (Fsp3) is 0.923. The van der Waals surface area contributed by atoms with Crippen molar-refractivity contribution >= 4 is 0 Å². The van der Waals surface area contributed by atoms with Crippen LogP contribution in [0.4, 0.5) is 0 Å². The average molecular weight is 429 g/mol. The SMILES string of the molecule is CCCCCCOC(CCCCCCCCCC=COCOC)OCCCCCC. The molecule has 30 heavy (non-hydrogen) atoms. The van der Waals surface area contributed by atoms with Crippen molar-refractivity contribution in [3.63, 3.8) is 0 Å². The summed E-state index contributed by atoms with van der Waals surface area (Å²) in [5, 5.41) is 0. The second kappa shape index (κ2) is 26.5. The van der Waals surface area contributed by atoms with Crippen molar-refractivity contribution in [1.29, 1.82) is 0 Å². The third-order valence-electron chi connectivity index (χ3n) is 5.29. The van der Waals surface area contributed by atoms with Crippen LogP contribution in [0.3, 0.4) is 0 Å². The number of allylic oxidation sites excluding steroid dienone is 1. The van der Waals surface area contributed by atoms with Gasteiger partial charge in [-0.05, 0) is 44.6 Å². The standard InChI is InChI=1S/C26H52O4/c1-4-6-8-19-23-29-26(30-24-20-9-7-5-2)21-17-15-13-11-10-12-14-16-18-22-28-25-27-3/h18,22,26H,4-17,19-21,23-25H2,1-3H3. The molecule has 0 atom stereocenters. The first kappa shape index (κ1) is 29.4. The van der Waals surface area contributed by atoms with Gasteiger partial charge in [0.2, 0.25) is 0 Å². The van der Waals surface area contributed by atoms with Crippen molar-refractivity contribution < 1.29 is 18.9 Å². The van der Waals surface area contributed by atoms with Gasteiger partial charge >= 0.3 is 0 Å². The molecule has 0 aliphatic rings. The molecular formula is C26H52O4. The van der Waals surface area contributed by atoms with E-state index < -0.39 is 0 Å². The second-order valence-corrected chi connectivity index (χ2v) is 8.29. The lowest BCUT2D eigenvalue weighted by Gasteiger charge is -2.19. The van der Waals surface area contributed by atoms with Crippen LogP contribution in [0.2, 0.25) is 0 Å². The van der Waals surface area contributed by atoms with Crippen LogP contribution in [0.1, 0.15) is 123 Å². The van der Waals surface area contributed by atoms with E-state index in [4.69, 9.17) is 18.9 Å². The molecule has 0 unspecified atom stereocenters. The molecule has 0 aromatic carbocycles. The van der Waals surface area contributed by atoms with Crippen LogP contribution in [0.15, 0.2) is 12.3 Å². The fourth-order valence-electron chi connectivity index (χ4n) is 3.40. The molecule has 0 amide bonds. The van der Waals surface area contributed by atoms with Gasteiger partial charge in [-0.15, -0.1) is 0 Å². The third kappa shape index (κ3) is 23.7. The Balaban J connectivity index is 3.67. The molecule has 4 nitrogen and oxygen atoms in total. The molecule has 0 heterocycles.